The van der Waals surface area contributed by atoms with E-state index < -0.39 is 5.60 Å². The van der Waals surface area contributed by atoms with Gasteiger partial charge in [0.15, 0.2) is 4.96 Å². The number of likely N-dealkylation sites (tertiary alicyclic amines) is 3. The molecule has 3 saturated heterocycles. The molecule has 3 aliphatic rings. The van der Waals surface area contributed by atoms with Gasteiger partial charge in [0.05, 0.1) is 0 Å². The third-order valence-electron chi connectivity index (χ3n) is 9.81. The Morgan fingerprint density at radius 3 is 2.48 bits per heavy atom. The lowest BCUT2D eigenvalue weighted by Crippen LogP contribution is -2.49. The first-order valence-corrected chi connectivity index (χ1v) is 18.2. The van der Waals surface area contributed by atoms with Crippen molar-refractivity contribution in [2.75, 3.05) is 64.8 Å². The van der Waals surface area contributed by atoms with Crippen molar-refractivity contribution < 1.29 is 14.3 Å². The predicted octanol–water partition coefficient (Wildman–Crippen LogP) is 5.91. The molecule has 6 rings (SSSR count). The largest absolute Gasteiger partial charge is 0.492 e. The highest BCUT2D eigenvalue weighted by Gasteiger charge is 2.39. The molecule has 0 bridgehead atoms. The molecule has 1 aromatic carbocycles. The Labute approximate surface area is 284 Å². The lowest BCUT2D eigenvalue weighted by atomic mass is 9.71. The Balaban J connectivity index is 0.944. The summed E-state index contributed by atoms with van der Waals surface area (Å²) < 4.78 is 13.8. The van der Waals surface area contributed by atoms with E-state index in [9.17, 15) is 9.59 Å². The van der Waals surface area contributed by atoms with Crippen molar-refractivity contribution >= 4 is 44.1 Å². The van der Waals surface area contributed by atoms with Crippen LogP contribution in [0.2, 0.25) is 0 Å². The molecule has 0 saturated carbocycles. The van der Waals surface area contributed by atoms with Crippen molar-refractivity contribution in [2.24, 2.45) is 5.41 Å². The highest BCUT2D eigenvalue weighted by molar-refractivity contribution is 9.10. The fraction of sp³-hybridized carbons (Fsp3) is 0.618. The van der Waals surface area contributed by atoms with Crippen LogP contribution >= 0.6 is 27.3 Å². The number of piperidine rings is 3. The van der Waals surface area contributed by atoms with Crippen LogP contribution in [-0.4, -0.2) is 101 Å². The maximum Gasteiger partial charge on any atom is 0.410 e. The summed E-state index contributed by atoms with van der Waals surface area (Å²) in [6, 6.07) is 8.76. The number of benzene rings is 1. The van der Waals surface area contributed by atoms with Crippen LogP contribution in [0.1, 0.15) is 64.4 Å². The predicted molar refractivity (Wildman–Crippen MR) is 186 cm³/mol. The van der Waals surface area contributed by atoms with E-state index in [-0.39, 0.29) is 17.7 Å². The fourth-order valence-electron chi connectivity index (χ4n) is 7.18. The smallest absolute Gasteiger partial charge is 0.410 e. The molecule has 10 nitrogen and oxygen atoms in total. The number of halogens is 1. The summed E-state index contributed by atoms with van der Waals surface area (Å²) >= 11 is 4.93. The van der Waals surface area contributed by atoms with Crippen molar-refractivity contribution in [2.45, 2.75) is 70.4 Å². The van der Waals surface area contributed by atoms with Gasteiger partial charge in [-0.05, 0) is 118 Å². The SMILES string of the molecule is CN1C[C@H](Nc2nc3sccn3c(=O)c2Br)C[C@H](c2ccc(OCCN3CCC4(CC3)CCN(C(=O)OC(C)(C)C)CC4)cc2)C1. The van der Waals surface area contributed by atoms with Gasteiger partial charge in [-0.3, -0.25) is 14.1 Å². The zero-order chi connectivity index (χ0) is 32.5. The summed E-state index contributed by atoms with van der Waals surface area (Å²) in [5.74, 6) is 1.89. The highest BCUT2D eigenvalue weighted by Crippen LogP contribution is 2.41. The fourth-order valence-corrected chi connectivity index (χ4v) is 8.28. The van der Waals surface area contributed by atoms with E-state index in [1.54, 1.807) is 10.6 Å². The van der Waals surface area contributed by atoms with Crippen molar-refractivity contribution in [3.63, 3.8) is 0 Å². The van der Waals surface area contributed by atoms with Gasteiger partial charge in [0.1, 0.15) is 28.2 Å². The number of anilines is 1. The molecule has 3 aromatic rings. The molecule has 0 aliphatic carbocycles. The van der Waals surface area contributed by atoms with Crippen LogP contribution in [0.4, 0.5) is 10.6 Å². The molecular formula is C34H47BrN6O4S. The molecule has 12 heteroatoms. The number of hydrogen-bond donors (Lipinski definition) is 1. The Bertz CT molecular complexity index is 1550. The van der Waals surface area contributed by atoms with E-state index in [0.717, 1.165) is 70.8 Å². The average molecular weight is 716 g/mol. The van der Waals surface area contributed by atoms with Gasteiger partial charge in [-0.15, -0.1) is 11.3 Å². The van der Waals surface area contributed by atoms with Gasteiger partial charge in [-0.2, -0.15) is 0 Å². The number of nitrogens with one attached hydrogen (secondary N) is 1. The van der Waals surface area contributed by atoms with Crippen LogP contribution in [0.5, 0.6) is 5.75 Å². The lowest BCUT2D eigenvalue weighted by molar-refractivity contribution is -0.00330. The minimum absolute atomic E-state index is 0.0910. The molecular weight excluding hydrogens is 668 g/mol. The molecule has 3 aliphatic heterocycles. The van der Waals surface area contributed by atoms with Crippen molar-refractivity contribution in [3.8, 4) is 5.75 Å². The molecule has 0 radical (unpaired) electrons. The molecule has 2 aromatic heterocycles. The highest BCUT2D eigenvalue weighted by atomic mass is 79.9. The van der Waals surface area contributed by atoms with Gasteiger partial charge >= 0.3 is 6.09 Å². The molecule has 0 unspecified atom stereocenters. The maximum absolute atomic E-state index is 12.7. The van der Waals surface area contributed by atoms with Crippen molar-refractivity contribution in [1.29, 1.82) is 0 Å². The number of carbonyl (C=O) groups excluding carboxylic acids is 1. The summed E-state index contributed by atoms with van der Waals surface area (Å²) in [5.41, 5.74) is 1.12. The normalized spacial score (nSPS) is 22.7. The average Bonchev–Trinajstić information content (AvgIpc) is 3.49. The Morgan fingerprint density at radius 1 is 1.09 bits per heavy atom. The Hall–Kier alpha value is -2.67. The standard InChI is InChI=1S/C34H47BrN6O4S/c1-33(2,3)45-32(43)40-15-11-34(12-16-40)9-13-39(14-10-34)17-19-44-27-7-5-24(6-8-27)25-21-26(23-38(4)22-25)36-29-28(35)30(42)41-18-20-46-31(41)37-29/h5-8,18,20,25-26,36H,9-17,19,21-23H2,1-4H3/t25-,26+/m0/s1. The van der Waals surface area contributed by atoms with Gasteiger partial charge in [-0.25, -0.2) is 9.78 Å². The first-order chi connectivity index (χ1) is 22.0. The second-order valence-electron chi connectivity index (χ2n) is 14.4. The number of aromatic nitrogens is 2. The minimum atomic E-state index is -0.448. The van der Waals surface area contributed by atoms with Gasteiger partial charge in [-0.1, -0.05) is 12.1 Å². The Kier molecular flexibility index (Phi) is 9.99. The molecule has 3 fully saturated rings. The van der Waals surface area contributed by atoms with E-state index in [2.05, 4.69) is 62.4 Å². The number of thiazole rings is 1. The van der Waals surface area contributed by atoms with Crippen LogP contribution in [0.15, 0.2) is 45.1 Å². The third kappa shape index (κ3) is 7.89. The van der Waals surface area contributed by atoms with Crippen LogP contribution in [0.3, 0.4) is 0 Å². The summed E-state index contributed by atoms with van der Waals surface area (Å²) in [4.78, 5) is 37.3. The second-order valence-corrected chi connectivity index (χ2v) is 16.0. The monoisotopic (exact) mass is 714 g/mol. The maximum atomic E-state index is 12.7. The minimum Gasteiger partial charge on any atom is -0.492 e. The van der Waals surface area contributed by atoms with E-state index in [1.165, 1.54) is 29.7 Å². The van der Waals surface area contributed by atoms with Crippen molar-refractivity contribution in [1.82, 2.24) is 24.1 Å². The summed E-state index contributed by atoms with van der Waals surface area (Å²) in [7, 11) is 2.15. The van der Waals surface area contributed by atoms with Crippen molar-refractivity contribution in [3.05, 3.63) is 56.2 Å². The molecule has 1 spiro atoms. The number of nitrogens with zero attached hydrogens (tertiary/aromatic N) is 5. The molecule has 5 heterocycles. The zero-order valence-electron chi connectivity index (χ0n) is 27.5. The van der Waals surface area contributed by atoms with Crippen LogP contribution < -0.4 is 15.6 Å². The first kappa shape index (κ1) is 33.2. The summed E-state index contributed by atoms with van der Waals surface area (Å²) in [6.07, 6.45) is 7.03. The van der Waals surface area contributed by atoms with E-state index >= 15 is 0 Å². The van der Waals surface area contributed by atoms with Crippen LogP contribution in [0, 0.1) is 5.41 Å². The number of likely N-dealkylation sites (N-methyl/N-ethyl adjacent to an activating group) is 1. The van der Waals surface area contributed by atoms with Gasteiger partial charge in [0.2, 0.25) is 0 Å². The van der Waals surface area contributed by atoms with Crippen LogP contribution in [-0.2, 0) is 4.74 Å². The number of ether oxygens (including phenoxy) is 2. The van der Waals surface area contributed by atoms with E-state index in [0.29, 0.717) is 33.2 Å². The van der Waals surface area contributed by atoms with Gasteiger partial charge in [0.25, 0.3) is 5.56 Å². The topological polar surface area (TPSA) is 91.7 Å². The van der Waals surface area contributed by atoms with E-state index in [1.807, 2.05) is 31.1 Å². The number of rotatable bonds is 7. The van der Waals surface area contributed by atoms with Crippen LogP contribution in [0.25, 0.3) is 4.96 Å². The third-order valence-corrected chi connectivity index (χ3v) is 11.3. The molecule has 46 heavy (non-hydrogen) atoms. The Morgan fingerprint density at radius 2 is 1.78 bits per heavy atom. The van der Waals surface area contributed by atoms with Gasteiger partial charge < -0.3 is 24.6 Å². The molecule has 2 atom stereocenters. The molecule has 1 N–H and O–H groups in total. The molecule has 1 amide bonds. The molecule has 250 valence electrons. The lowest BCUT2D eigenvalue weighted by Gasteiger charge is -2.46. The first-order valence-electron chi connectivity index (χ1n) is 16.5. The summed E-state index contributed by atoms with van der Waals surface area (Å²) in [5, 5.41) is 5.43. The number of fused-ring (bicyclic) bond motifs is 1. The number of hydrogen-bond acceptors (Lipinski definition) is 9. The van der Waals surface area contributed by atoms with Gasteiger partial charge in [0, 0.05) is 50.3 Å². The zero-order valence-corrected chi connectivity index (χ0v) is 29.9. The quantitative estimate of drug-likeness (QED) is 0.323. The number of carbonyl (C=O) groups is 1. The second kappa shape index (κ2) is 13.8. The number of amides is 1. The van der Waals surface area contributed by atoms with E-state index in [4.69, 9.17) is 14.5 Å². The summed E-state index contributed by atoms with van der Waals surface area (Å²) in [6.45, 7) is 13.0.